The van der Waals surface area contributed by atoms with Gasteiger partial charge in [-0.1, -0.05) is 11.6 Å². The fourth-order valence-electron chi connectivity index (χ4n) is 1.67. The van der Waals surface area contributed by atoms with E-state index in [9.17, 15) is 0 Å². The van der Waals surface area contributed by atoms with Crippen LogP contribution < -0.4 is 10.1 Å². The summed E-state index contributed by atoms with van der Waals surface area (Å²) in [5.74, 6) is 0.819. The molecule has 2 rings (SSSR count). The van der Waals surface area contributed by atoms with Gasteiger partial charge >= 0.3 is 0 Å². The van der Waals surface area contributed by atoms with Crippen LogP contribution >= 0.6 is 11.6 Å². The van der Waals surface area contributed by atoms with Crippen molar-refractivity contribution in [1.82, 2.24) is 0 Å². The molecule has 1 N–H and O–H groups in total. The highest BCUT2D eigenvalue weighted by molar-refractivity contribution is 6.30. The van der Waals surface area contributed by atoms with Crippen molar-refractivity contribution in [2.24, 2.45) is 0 Å². The molecule has 0 saturated carbocycles. The van der Waals surface area contributed by atoms with E-state index in [0.717, 1.165) is 11.4 Å². The Kier molecular flexibility index (Phi) is 4.27. The largest absolute Gasteiger partial charge is 0.494 e. The van der Waals surface area contributed by atoms with E-state index in [4.69, 9.17) is 21.6 Å². The van der Waals surface area contributed by atoms with E-state index in [1.165, 1.54) is 0 Å². The zero-order chi connectivity index (χ0) is 13.7. The second-order valence-electron chi connectivity index (χ2n) is 3.88. The van der Waals surface area contributed by atoms with Crippen LogP contribution in [0.2, 0.25) is 5.02 Å². The summed E-state index contributed by atoms with van der Waals surface area (Å²) in [5.41, 5.74) is 2.12. The summed E-state index contributed by atoms with van der Waals surface area (Å²) in [4.78, 5) is 0. The number of hydrogen-bond acceptors (Lipinski definition) is 3. The number of nitrogens with one attached hydrogen (secondary N) is 1. The minimum atomic E-state index is 0.554. The fourth-order valence-corrected chi connectivity index (χ4v) is 1.85. The predicted octanol–water partition coefficient (Wildman–Crippen LogP) is 4.35. The van der Waals surface area contributed by atoms with Crippen molar-refractivity contribution in [2.75, 3.05) is 11.9 Å². The Morgan fingerprint density at radius 2 is 1.95 bits per heavy atom. The Balaban J connectivity index is 2.21. The molecule has 0 aliphatic carbocycles. The third kappa shape index (κ3) is 3.40. The SMILES string of the molecule is CCOc1ccc(Nc2cc(Cl)ccc2C#N)cc1. The number of ether oxygens (including phenoxy) is 1. The maximum absolute atomic E-state index is 9.05. The average molecular weight is 273 g/mol. The number of halogens is 1. The van der Waals surface area contributed by atoms with Gasteiger partial charge in [0.05, 0.1) is 17.9 Å². The van der Waals surface area contributed by atoms with Gasteiger partial charge in [-0.2, -0.15) is 5.26 Å². The molecule has 19 heavy (non-hydrogen) atoms. The number of hydrogen-bond donors (Lipinski definition) is 1. The lowest BCUT2D eigenvalue weighted by Gasteiger charge is -2.09. The van der Waals surface area contributed by atoms with Gasteiger partial charge in [0.1, 0.15) is 11.8 Å². The highest BCUT2D eigenvalue weighted by Crippen LogP contribution is 2.25. The van der Waals surface area contributed by atoms with E-state index in [1.54, 1.807) is 18.2 Å². The Morgan fingerprint density at radius 1 is 1.21 bits per heavy atom. The molecule has 4 heteroatoms. The molecule has 0 fully saturated rings. The lowest BCUT2D eigenvalue weighted by atomic mass is 10.2. The molecule has 0 amide bonds. The van der Waals surface area contributed by atoms with E-state index in [1.807, 2.05) is 31.2 Å². The van der Waals surface area contributed by atoms with Gasteiger partial charge in [-0.3, -0.25) is 0 Å². The molecule has 0 spiro atoms. The van der Waals surface area contributed by atoms with Gasteiger partial charge in [0.15, 0.2) is 0 Å². The summed E-state index contributed by atoms with van der Waals surface area (Å²) in [6.45, 7) is 2.58. The first kappa shape index (κ1) is 13.3. The molecule has 0 aromatic heterocycles. The summed E-state index contributed by atoms with van der Waals surface area (Å²) in [5, 5.41) is 12.8. The van der Waals surface area contributed by atoms with Crippen LogP contribution in [-0.2, 0) is 0 Å². The molecule has 0 heterocycles. The smallest absolute Gasteiger partial charge is 0.119 e. The summed E-state index contributed by atoms with van der Waals surface area (Å²) in [6, 6.07) is 14.8. The molecular weight excluding hydrogens is 260 g/mol. The van der Waals surface area contributed by atoms with Gasteiger partial charge in [0.2, 0.25) is 0 Å². The molecular formula is C15H13ClN2O. The second-order valence-corrected chi connectivity index (χ2v) is 4.32. The van der Waals surface area contributed by atoms with Crippen LogP contribution in [-0.4, -0.2) is 6.61 Å². The van der Waals surface area contributed by atoms with Crippen molar-refractivity contribution in [3.63, 3.8) is 0 Å². The molecule has 0 bridgehead atoms. The van der Waals surface area contributed by atoms with Crippen LogP contribution in [0.3, 0.4) is 0 Å². The molecule has 0 radical (unpaired) electrons. The van der Waals surface area contributed by atoms with Crippen LogP contribution in [0, 0.1) is 11.3 Å². The molecule has 0 aliphatic heterocycles. The van der Waals surface area contributed by atoms with Gasteiger partial charge in [-0.05, 0) is 49.4 Å². The minimum absolute atomic E-state index is 0.554. The third-order valence-corrected chi connectivity index (χ3v) is 2.78. The first-order valence-electron chi connectivity index (χ1n) is 5.92. The van der Waals surface area contributed by atoms with Gasteiger partial charge in [0.25, 0.3) is 0 Å². The number of rotatable bonds is 4. The van der Waals surface area contributed by atoms with Crippen molar-refractivity contribution in [3.8, 4) is 11.8 Å². The lowest BCUT2D eigenvalue weighted by Crippen LogP contribution is -1.95. The number of benzene rings is 2. The van der Waals surface area contributed by atoms with E-state index in [-0.39, 0.29) is 0 Å². The zero-order valence-electron chi connectivity index (χ0n) is 10.5. The lowest BCUT2D eigenvalue weighted by molar-refractivity contribution is 0.340. The van der Waals surface area contributed by atoms with Gasteiger partial charge in [-0.25, -0.2) is 0 Å². The highest BCUT2D eigenvalue weighted by Gasteiger charge is 2.03. The van der Waals surface area contributed by atoms with Gasteiger partial charge in [0, 0.05) is 10.7 Å². The first-order valence-corrected chi connectivity index (χ1v) is 6.30. The molecule has 96 valence electrons. The molecule has 0 atom stereocenters. The quantitative estimate of drug-likeness (QED) is 0.900. The fraction of sp³-hybridized carbons (Fsp3) is 0.133. The summed E-state index contributed by atoms with van der Waals surface area (Å²) >= 11 is 5.94. The first-order chi connectivity index (χ1) is 9.22. The monoisotopic (exact) mass is 272 g/mol. The Morgan fingerprint density at radius 3 is 2.58 bits per heavy atom. The minimum Gasteiger partial charge on any atom is -0.494 e. The second kappa shape index (κ2) is 6.12. The Bertz CT molecular complexity index is 603. The average Bonchev–Trinajstić information content (AvgIpc) is 2.42. The number of nitriles is 1. The van der Waals surface area contributed by atoms with Crippen LogP contribution in [0.1, 0.15) is 12.5 Å². The third-order valence-electron chi connectivity index (χ3n) is 2.55. The Hall–Kier alpha value is -2.18. The van der Waals surface area contributed by atoms with Gasteiger partial charge < -0.3 is 10.1 Å². The van der Waals surface area contributed by atoms with Crippen molar-refractivity contribution in [1.29, 1.82) is 5.26 Å². The maximum Gasteiger partial charge on any atom is 0.119 e. The molecule has 0 aliphatic rings. The van der Waals surface area contributed by atoms with Crippen LogP contribution in [0.4, 0.5) is 11.4 Å². The summed E-state index contributed by atoms with van der Waals surface area (Å²) < 4.78 is 5.37. The molecule has 2 aromatic rings. The highest BCUT2D eigenvalue weighted by atomic mass is 35.5. The predicted molar refractivity (Wildman–Crippen MR) is 77.1 cm³/mol. The number of nitrogens with zero attached hydrogens (tertiary/aromatic N) is 1. The van der Waals surface area contributed by atoms with E-state index < -0.39 is 0 Å². The number of anilines is 2. The van der Waals surface area contributed by atoms with Crippen molar-refractivity contribution < 1.29 is 4.74 Å². The topological polar surface area (TPSA) is 45.0 Å². The zero-order valence-corrected chi connectivity index (χ0v) is 11.2. The van der Waals surface area contributed by atoms with Crippen LogP contribution in [0.5, 0.6) is 5.75 Å². The summed E-state index contributed by atoms with van der Waals surface area (Å²) in [6.07, 6.45) is 0. The summed E-state index contributed by atoms with van der Waals surface area (Å²) in [7, 11) is 0. The van der Waals surface area contributed by atoms with Crippen LogP contribution in [0.15, 0.2) is 42.5 Å². The molecule has 2 aromatic carbocycles. The van der Waals surface area contributed by atoms with E-state index >= 15 is 0 Å². The van der Waals surface area contributed by atoms with E-state index in [0.29, 0.717) is 22.9 Å². The molecule has 0 unspecified atom stereocenters. The van der Waals surface area contributed by atoms with Crippen molar-refractivity contribution >= 4 is 23.0 Å². The Labute approximate surface area is 117 Å². The maximum atomic E-state index is 9.05. The normalized spacial score (nSPS) is 9.74. The van der Waals surface area contributed by atoms with Gasteiger partial charge in [-0.15, -0.1) is 0 Å². The van der Waals surface area contributed by atoms with Crippen molar-refractivity contribution in [2.45, 2.75) is 6.92 Å². The van der Waals surface area contributed by atoms with Crippen LogP contribution in [0.25, 0.3) is 0 Å². The molecule has 3 nitrogen and oxygen atoms in total. The molecule has 0 saturated heterocycles. The van der Waals surface area contributed by atoms with Crippen molar-refractivity contribution in [3.05, 3.63) is 53.1 Å². The standard InChI is InChI=1S/C15H13ClN2O/c1-2-19-14-7-5-13(6-8-14)18-15-9-12(16)4-3-11(15)10-17/h3-9,18H,2H2,1H3. The van der Waals surface area contributed by atoms with E-state index in [2.05, 4.69) is 11.4 Å².